The second-order valence-electron chi connectivity index (χ2n) is 1.73. The van der Waals surface area contributed by atoms with E-state index in [1.54, 1.807) is 0 Å². The maximum Gasteiger partial charge on any atom is -0.0500 e. The van der Waals surface area contributed by atoms with Gasteiger partial charge in [0.25, 0.3) is 0 Å². The zero-order chi connectivity index (χ0) is 3.58. The smallest absolute Gasteiger partial charge is 0.0500 e. The molecule has 0 nitrogen and oxygen atoms in total. The molecule has 0 aromatic rings. The SMILES string of the molecule is CC(C)C.Cl.Cl. The minimum absolute atomic E-state index is 0. The fourth-order valence-electron chi connectivity index (χ4n) is 0. The minimum Gasteiger partial charge on any atom is -0.147 e. The number of rotatable bonds is 0. The van der Waals surface area contributed by atoms with Crippen LogP contribution in [0.4, 0.5) is 0 Å². The van der Waals surface area contributed by atoms with Crippen LogP contribution in [0.25, 0.3) is 0 Å². The van der Waals surface area contributed by atoms with Gasteiger partial charge in [0.1, 0.15) is 0 Å². The number of hydrogen-bond donors (Lipinski definition) is 0. The Morgan fingerprint density at radius 1 is 0.833 bits per heavy atom. The van der Waals surface area contributed by atoms with E-state index in [2.05, 4.69) is 20.8 Å². The molecule has 0 rings (SSSR count). The molecule has 0 fully saturated rings. The molecule has 0 aromatic carbocycles. The van der Waals surface area contributed by atoms with Crippen molar-refractivity contribution in [2.24, 2.45) is 5.92 Å². The molecular weight excluding hydrogens is 119 g/mol. The van der Waals surface area contributed by atoms with Gasteiger partial charge in [-0.1, -0.05) is 20.8 Å². The molecule has 0 saturated carbocycles. The molecule has 0 unspecified atom stereocenters. The van der Waals surface area contributed by atoms with Crippen LogP contribution in [-0.2, 0) is 0 Å². The third-order valence-corrected chi connectivity index (χ3v) is 0. The van der Waals surface area contributed by atoms with E-state index in [0.29, 0.717) is 0 Å². The van der Waals surface area contributed by atoms with E-state index in [9.17, 15) is 0 Å². The average Bonchev–Trinajstić information content (AvgIpc) is 0.811. The second kappa shape index (κ2) is 9.13. The molecule has 0 aliphatic rings. The zero-order valence-corrected chi connectivity index (χ0v) is 6.03. The van der Waals surface area contributed by atoms with Crippen molar-refractivity contribution < 1.29 is 0 Å². The minimum atomic E-state index is 0. The van der Waals surface area contributed by atoms with Crippen molar-refractivity contribution in [1.29, 1.82) is 0 Å². The van der Waals surface area contributed by atoms with Gasteiger partial charge in [0, 0.05) is 0 Å². The van der Waals surface area contributed by atoms with Gasteiger partial charge >= 0.3 is 0 Å². The first-order chi connectivity index (χ1) is 1.73. The van der Waals surface area contributed by atoms with Crippen molar-refractivity contribution in [3.05, 3.63) is 0 Å². The number of halogens is 2. The van der Waals surface area contributed by atoms with Gasteiger partial charge in [0.15, 0.2) is 0 Å². The van der Waals surface area contributed by atoms with Gasteiger partial charge in [-0.05, 0) is 5.92 Å². The fourth-order valence-corrected chi connectivity index (χ4v) is 0. The highest BCUT2D eigenvalue weighted by atomic mass is 35.5. The van der Waals surface area contributed by atoms with E-state index in [-0.39, 0.29) is 24.8 Å². The Morgan fingerprint density at radius 2 is 0.833 bits per heavy atom. The molecule has 0 amide bonds. The Kier molecular flexibility index (Phi) is 24.3. The first-order valence-corrected chi connectivity index (χ1v) is 1.73. The maximum atomic E-state index is 2.17. The molecule has 0 saturated heterocycles. The topological polar surface area (TPSA) is 0 Å². The van der Waals surface area contributed by atoms with Crippen LogP contribution in [0.15, 0.2) is 0 Å². The predicted octanol–water partition coefficient (Wildman–Crippen LogP) is 2.51. The van der Waals surface area contributed by atoms with E-state index >= 15 is 0 Å². The molecule has 0 heterocycles. The molecule has 2 heteroatoms. The van der Waals surface area contributed by atoms with Gasteiger partial charge in [-0.2, -0.15) is 0 Å². The van der Waals surface area contributed by atoms with E-state index in [1.165, 1.54) is 0 Å². The Hall–Kier alpha value is 0.580. The first kappa shape index (κ1) is 16.0. The van der Waals surface area contributed by atoms with Crippen molar-refractivity contribution in [1.82, 2.24) is 0 Å². The molecule has 0 aliphatic heterocycles. The van der Waals surface area contributed by atoms with Crippen LogP contribution >= 0.6 is 24.8 Å². The molecule has 6 heavy (non-hydrogen) atoms. The van der Waals surface area contributed by atoms with Crippen LogP contribution in [-0.4, -0.2) is 0 Å². The first-order valence-electron chi connectivity index (χ1n) is 1.73. The third kappa shape index (κ3) is 174. The molecule has 0 spiro atoms. The lowest BCUT2D eigenvalue weighted by Crippen LogP contribution is -1.66. The van der Waals surface area contributed by atoms with E-state index in [4.69, 9.17) is 0 Å². The van der Waals surface area contributed by atoms with Crippen LogP contribution in [0.1, 0.15) is 20.8 Å². The van der Waals surface area contributed by atoms with Gasteiger partial charge < -0.3 is 0 Å². The second-order valence-corrected chi connectivity index (χ2v) is 1.73. The quantitative estimate of drug-likeness (QED) is 0.473. The highest BCUT2D eigenvalue weighted by Gasteiger charge is 1.68. The van der Waals surface area contributed by atoms with Crippen LogP contribution in [0.3, 0.4) is 0 Å². The lowest BCUT2D eigenvalue weighted by molar-refractivity contribution is 0.737. The Balaban J connectivity index is -0.0000000450. The summed E-state index contributed by atoms with van der Waals surface area (Å²) in [6.45, 7) is 6.50. The monoisotopic (exact) mass is 130 g/mol. The van der Waals surface area contributed by atoms with E-state index in [0.717, 1.165) is 5.92 Å². The van der Waals surface area contributed by atoms with Crippen molar-refractivity contribution in [3.8, 4) is 0 Å². The molecule has 0 aromatic heterocycles. The van der Waals surface area contributed by atoms with Gasteiger partial charge in [-0.3, -0.25) is 0 Å². The van der Waals surface area contributed by atoms with Crippen molar-refractivity contribution in [3.63, 3.8) is 0 Å². The van der Waals surface area contributed by atoms with Gasteiger partial charge in [-0.15, -0.1) is 24.8 Å². The van der Waals surface area contributed by atoms with Crippen molar-refractivity contribution >= 4 is 24.8 Å². The van der Waals surface area contributed by atoms with E-state index in [1.807, 2.05) is 0 Å². The van der Waals surface area contributed by atoms with Gasteiger partial charge in [0.2, 0.25) is 0 Å². The standard InChI is InChI=1S/C4H10.2ClH/c1-4(2)3;;/h4H,1-3H3;2*1H. The summed E-state index contributed by atoms with van der Waals surface area (Å²) in [6, 6.07) is 0. The van der Waals surface area contributed by atoms with Crippen molar-refractivity contribution in [2.75, 3.05) is 0 Å². The van der Waals surface area contributed by atoms with Gasteiger partial charge in [0.05, 0.1) is 0 Å². The maximum absolute atomic E-state index is 2.17. The summed E-state index contributed by atoms with van der Waals surface area (Å²) in [5, 5.41) is 0. The van der Waals surface area contributed by atoms with Crippen LogP contribution in [0.2, 0.25) is 0 Å². The van der Waals surface area contributed by atoms with Gasteiger partial charge in [-0.25, -0.2) is 0 Å². The zero-order valence-electron chi connectivity index (χ0n) is 4.39. The highest BCUT2D eigenvalue weighted by molar-refractivity contribution is 5.85. The highest BCUT2D eigenvalue weighted by Crippen LogP contribution is 1.81. The molecule has 0 N–H and O–H groups in total. The van der Waals surface area contributed by atoms with Crippen molar-refractivity contribution in [2.45, 2.75) is 20.8 Å². The average molecular weight is 131 g/mol. The Morgan fingerprint density at radius 3 is 0.833 bits per heavy atom. The molecule has 0 radical (unpaired) electrons. The largest absolute Gasteiger partial charge is 0.147 e. The fraction of sp³-hybridized carbons (Fsp3) is 1.00. The third-order valence-electron chi connectivity index (χ3n) is 0. The lowest BCUT2D eigenvalue weighted by atomic mass is 10.3. The molecular formula is C4H12Cl2. The van der Waals surface area contributed by atoms with Crippen LogP contribution < -0.4 is 0 Å². The number of hydrogen-bond acceptors (Lipinski definition) is 0. The summed E-state index contributed by atoms with van der Waals surface area (Å²) in [6.07, 6.45) is 0. The summed E-state index contributed by atoms with van der Waals surface area (Å²) in [5.74, 6) is 0.833. The Bertz CT molecular complexity index is 10.3. The predicted molar refractivity (Wildman–Crippen MR) is 35.0 cm³/mol. The molecule has 0 bridgehead atoms. The molecule has 0 atom stereocenters. The summed E-state index contributed by atoms with van der Waals surface area (Å²) in [7, 11) is 0. The summed E-state index contributed by atoms with van der Waals surface area (Å²) >= 11 is 0. The summed E-state index contributed by atoms with van der Waals surface area (Å²) in [4.78, 5) is 0. The Labute approximate surface area is 52.1 Å². The van der Waals surface area contributed by atoms with Crippen LogP contribution in [0, 0.1) is 5.92 Å². The molecule has 42 valence electrons. The summed E-state index contributed by atoms with van der Waals surface area (Å²) < 4.78 is 0. The molecule has 0 aliphatic carbocycles. The summed E-state index contributed by atoms with van der Waals surface area (Å²) in [5.41, 5.74) is 0. The van der Waals surface area contributed by atoms with Crippen LogP contribution in [0.5, 0.6) is 0 Å². The lowest BCUT2D eigenvalue weighted by Gasteiger charge is -1.79. The normalized spacial score (nSPS) is 6.00. The van der Waals surface area contributed by atoms with E-state index < -0.39 is 0 Å².